The summed E-state index contributed by atoms with van der Waals surface area (Å²) in [7, 11) is 3.41. The van der Waals surface area contributed by atoms with Gasteiger partial charge in [0.2, 0.25) is 0 Å². The van der Waals surface area contributed by atoms with Gasteiger partial charge in [0.05, 0.1) is 22.4 Å². The Balaban J connectivity index is 0.000000183. The minimum Gasteiger partial charge on any atom is -0.403 e. The van der Waals surface area contributed by atoms with Gasteiger partial charge in [0.1, 0.15) is 0 Å². The lowest BCUT2D eigenvalue weighted by molar-refractivity contribution is 0.00578. The van der Waals surface area contributed by atoms with Crippen LogP contribution >= 0.6 is 0 Å². The maximum absolute atomic E-state index is 5.89. The van der Waals surface area contributed by atoms with Gasteiger partial charge in [-0.3, -0.25) is 9.36 Å². The second-order valence-corrected chi connectivity index (χ2v) is 10.0. The van der Waals surface area contributed by atoms with Gasteiger partial charge in [-0.1, -0.05) is 0 Å². The van der Waals surface area contributed by atoms with Crippen molar-refractivity contribution in [3.8, 4) is 0 Å². The van der Waals surface area contributed by atoms with Gasteiger partial charge in [-0.2, -0.15) is 10.2 Å². The second-order valence-electron chi connectivity index (χ2n) is 10.0. The first-order valence-corrected chi connectivity index (χ1v) is 10.7. The zero-order chi connectivity index (χ0) is 23.7. The fourth-order valence-electron chi connectivity index (χ4n) is 3.02. The van der Waals surface area contributed by atoms with E-state index >= 15 is 0 Å². The Kier molecular flexibility index (Phi) is 7.53. The Hall–Kier alpha value is -1.61. The minimum absolute atomic E-state index is 0.0648. The van der Waals surface area contributed by atoms with Crippen molar-refractivity contribution in [1.29, 1.82) is 0 Å². The van der Waals surface area contributed by atoms with Crippen molar-refractivity contribution < 1.29 is 18.6 Å². The van der Waals surface area contributed by atoms with Crippen LogP contribution in [-0.4, -0.2) is 56.2 Å². The second kappa shape index (κ2) is 9.10. The molecule has 2 aliphatic heterocycles. The van der Waals surface area contributed by atoms with Gasteiger partial charge in [0.15, 0.2) is 0 Å². The van der Waals surface area contributed by atoms with Crippen molar-refractivity contribution in [2.24, 2.45) is 14.1 Å². The van der Waals surface area contributed by atoms with Crippen molar-refractivity contribution in [2.45, 2.75) is 84.6 Å². The molecule has 0 amide bonds. The average Bonchev–Trinajstić information content (AvgIpc) is 3.31. The summed E-state index contributed by atoms with van der Waals surface area (Å²) in [5.41, 5.74) is 0.0796. The molecule has 0 aliphatic carbocycles. The third-order valence-electron chi connectivity index (χ3n) is 6.26. The highest BCUT2D eigenvalue weighted by Crippen LogP contribution is 2.37. The Morgan fingerprint density at radius 1 is 0.742 bits per heavy atom. The van der Waals surface area contributed by atoms with E-state index in [2.05, 4.69) is 37.9 Å². The molecule has 0 unspecified atom stereocenters. The van der Waals surface area contributed by atoms with Crippen LogP contribution in [0.25, 0.3) is 0 Å². The summed E-state index contributed by atoms with van der Waals surface area (Å²) in [6.07, 6.45) is 7.34. The number of rotatable bonds is 1. The Labute approximate surface area is 187 Å². The Morgan fingerprint density at radius 3 is 1.48 bits per heavy atom. The highest BCUT2D eigenvalue weighted by molar-refractivity contribution is 6.62. The molecule has 0 spiro atoms. The van der Waals surface area contributed by atoms with E-state index < -0.39 is 0 Å². The lowest BCUT2D eigenvalue weighted by atomic mass is 9.82. The van der Waals surface area contributed by atoms with Gasteiger partial charge in [-0.15, -0.1) is 0 Å². The predicted molar refractivity (Wildman–Crippen MR) is 124 cm³/mol. The average molecular weight is 432 g/mol. The van der Waals surface area contributed by atoms with E-state index in [1.807, 2.05) is 67.1 Å². The first-order chi connectivity index (χ1) is 14.1. The van der Waals surface area contributed by atoms with Crippen molar-refractivity contribution in [3.05, 3.63) is 30.9 Å². The third-order valence-corrected chi connectivity index (χ3v) is 6.26. The van der Waals surface area contributed by atoms with Gasteiger partial charge < -0.3 is 18.6 Å². The molecule has 2 aromatic rings. The quantitative estimate of drug-likeness (QED) is 0.646. The molecule has 0 radical (unpaired) electrons. The van der Waals surface area contributed by atoms with Crippen LogP contribution in [0.2, 0.25) is 6.82 Å². The van der Waals surface area contributed by atoms with Crippen molar-refractivity contribution in [3.63, 3.8) is 0 Å². The summed E-state index contributed by atoms with van der Waals surface area (Å²) < 4.78 is 26.4. The summed E-state index contributed by atoms with van der Waals surface area (Å²) in [4.78, 5) is 0. The number of aromatic nitrogens is 4. The number of nitrogens with zero attached hydrogens (tertiary/aromatic N) is 4. The molecule has 0 bridgehead atoms. The summed E-state index contributed by atoms with van der Waals surface area (Å²) in [6, 6.07) is 1.89. The first kappa shape index (κ1) is 25.6. The van der Waals surface area contributed by atoms with Gasteiger partial charge in [-0.05, 0) is 68.3 Å². The molecule has 2 aromatic heterocycles. The largest absolute Gasteiger partial charge is 0.498 e. The summed E-state index contributed by atoms with van der Waals surface area (Å²) in [5, 5.41) is 7.95. The van der Waals surface area contributed by atoms with Crippen LogP contribution in [0, 0.1) is 0 Å². The van der Waals surface area contributed by atoms with E-state index in [4.69, 9.17) is 18.6 Å². The summed E-state index contributed by atoms with van der Waals surface area (Å²) in [6.45, 7) is 18.3. The summed E-state index contributed by atoms with van der Waals surface area (Å²) >= 11 is 0. The maximum atomic E-state index is 5.89. The van der Waals surface area contributed by atoms with Crippen molar-refractivity contribution in [2.75, 3.05) is 0 Å². The number of hydrogen-bond acceptors (Lipinski definition) is 6. The molecule has 10 heteroatoms. The Morgan fingerprint density at radius 2 is 1.23 bits per heavy atom. The lowest BCUT2D eigenvalue weighted by Gasteiger charge is -2.32. The highest BCUT2D eigenvalue weighted by atomic mass is 16.7. The van der Waals surface area contributed by atoms with Gasteiger partial charge in [-0.25, -0.2) is 0 Å². The zero-order valence-electron chi connectivity index (χ0n) is 21.0. The molecule has 0 saturated carbocycles. The molecule has 0 N–H and O–H groups in total. The van der Waals surface area contributed by atoms with Crippen LogP contribution in [0.15, 0.2) is 30.9 Å². The van der Waals surface area contributed by atoms with Crippen LogP contribution in [0.1, 0.15) is 55.4 Å². The minimum atomic E-state index is -0.302. The summed E-state index contributed by atoms with van der Waals surface area (Å²) in [5.74, 6) is 0. The van der Waals surface area contributed by atoms with E-state index in [1.54, 1.807) is 21.8 Å². The number of aryl methyl sites for hydroxylation is 2. The topological polar surface area (TPSA) is 72.6 Å². The monoisotopic (exact) mass is 432 g/mol. The fraction of sp³-hybridized carbons (Fsp3) is 0.714. The van der Waals surface area contributed by atoms with E-state index in [9.17, 15) is 0 Å². The van der Waals surface area contributed by atoms with E-state index in [0.717, 1.165) is 5.46 Å². The van der Waals surface area contributed by atoms with Crippen LogP contribution in [0.3, 0.4) is 0 Å². The molecule has 2 fully saturated rings. The molecule has 172 valence electrons. The van der Waals surface area contributed by atoms with Crippen molar-refractivity contribution in [1.82, 2.24) is 19.6 Å². The van der Waals surface area contributed by atoms with Crippen LogP contribution < -0.4 is 5.46 Å². The molecule has 0 atom stereocenters. The molecule has 0 aromatic carbocycles. The third kappa shape index (κ3) is 6.22. The molecular formula is C21H38B2N4O4. The predicted octanol–water partition coefficient (Wildman–Crippen LogP) is 2.85. The molecule has 4 heterocycles. The van der Waals surface area contributed by atoms with E-state index in [0.29, 0.717) is 0 Å². The van der Waals surface area contributed by atoms with Gasteiger partial charge in [0, 0.05) is 44.3 Å². The first-order valence-electron chi connectivity index (χ1n) is 10.7. The van der Waals surface area contributed by atoms with E-state index in [-0.39, 0.29) is 36.6 Å². The number of hydrogen-bond donors (Lipinski definition) is 0. The van der Waals surface area contributed by atoms with Crippen LogP contribution in [0.5, 0.6) is 0 Å². The molecule has 8 nitrogen and oxygen atoms in total. The fourth-order valence-corrected chi connectivity index (χ4v) is 3.02. The lowest BCUT2D eigenvalue weighted by Crippen LogP contribution is -2.41. The van der Waals surface area contributed by atoms with Crippen LogP contribution in [-0.2, 0) is 32.7 Å². The molecule has 2 saturated heterocycles. The van der Waals surface area contributed by atoms with Crippen molar-refractivity contribution >= 4 is 19.7 Å². The normalized spacial score (nSPS) is 22.4. The maximum Gasteiger partial charge on any atom is 0.498 e. The Bertz CT molecular complexity index is 802. The highest BCUT2D eigenvalue weighted by Gasteiger charge is 2.52. The molecule has 4 rings (SSSR count). The van der Waals surface area contributed by atoms with Gasteiger partial charge in [0.25, 0.3) is 0 Å². The standard InChI is InChI=1S/C10H17BN2O2.C7H15BO2.C4H6N2/c1-9(2)10(3,4)15-11(14-9)8-6-12-13(5)7-8;1-6(2)7(3,4)10-8(5)9-6;1-6-4-2-3-5-6/h6-7H,1-5H3;1-5H3;2-4H,1H3. The van der Waals surface area contributed by atoms with Crippen LogP contribution in [0.4, 0.5) is 0 Å². The van der Waals surface area contributed by atoms with Gasteiger partial charge >= 0.3 is 14.2 Å². The molecular weight excluding hydrogens is 394 g/mol. The van der Waals surface area contributed by atoms with E-state index in [1.165, 1.54) is 0 Å². The zero-order valence-corrected chi connectivity index (χ0v) is 21.0. The SMILES string of the molecule is CB1OC(C)(C)C(C)(C)O1.Cn1cc(B2OC(C)(C)C(C)(C)O2)cn1.Cn1cccn1. The smallest absolute Gasteiger partial charge is 0.403 e. The molecule has 31 heavy (non-hydrogen) atoms. The molecule has 2 aliphatic rings.